The number of thioether (sulfide) groups is 1. The molecule has 0 unspecified atom stereocenters. The molecule has 0 bridgehead atoms. The normalized spacial score (nSPS) is 9.93. The topological polar surface area (TPSA) is 26.3 Å². The number of hydrogen-bond acceptors (Lipinski definition) is 3. The molecule has 0 amide bonds. The lowest BCUT2D eigenvalue weighted by Crippen LogP contribution is -2.03. The average molecular weight is 214 g/mol. The molecule has 0 N–H and O–H groups in total. The number of carbonyl (C=O) groups excluding carboxylic acids is 1. The molecule has 0 aromatic heterocycles. The van der Waals surface area contributed by atoms with E-state index in [2.05, 4.69) is 4.74 Å². The zero-order valence-corrected chi connectivity index (χ0v) is 8.86. The lowest BCUT2D eigenvalue weighted by molar-refractivity contribution is -0.137. The van der Waals surface area contributed by atoms with Gasteiger partial charge < -0.3 is 4.74 Å². The zero-order chi connectivity index (χ0) is 10.6. The maximum atomic E-state index is 12.7. The van der Waals surface area contributed by atoms with Crippen molar-refractivity contribution in [2.75, 3.05) is 12.9 Å². The fraction of sp³-hybridized carbons (Fsp3) is 0.300. The van der Waals surface area contributed by atoms with E-state index in [1.54, 1.807) is 6.07 Å². The van der Waals surface area contributed by atoms with E-state index in [0.29, 0.717) is 0 Å². The van der Waals surface area contributed by atoms with Crippen LogP contribution in [0.4, 0.5) is 4.39 Å². The minimum atomic E-state index is -0.279. The number of benzene rings is 1. The second-order valence-electron chi connectivity index (χ2n) is 2.77. The first kappa shape index (κ1) is 11.0. The van der Waals surface area contributed by atoms with Crippen molar-refractivity contribution in [2.24, 2.45) is 0 Å². The third kappa shape index (κ3) is 3.03. The summed E-state index contributed by atoms with van der Waals surface area (Å²) in [5.41, 5.74) is 0.832. The van der Waals surface area contributed by atoms with Crippen molar-refractivity contribution in [2.45, 2.75) is 11.8 Å². The standard InChI is InChI=1S/C10H11FO2S/c1-7-5-8(11)3-4-9(7)14-6-10(12)13-2/h3-5H,6H2,1-2H3. The molecule has 2 nitrogen and oxygen atoms in total. The zero-order valence-electron chi connectivity index (χ0n) is 8.04. The van der Waals surface area contributed by atoms with Gasteiger partial charge in [0.25, 0.3) is 0 Å². The van der Waals surface area contributed by atoms with Gasteiger partial charge in [-0.1, -0.05) is 0 Å². The maximum Gasteiger partial charge on any atom is 0.315 e. The summed E-state index contributed by atoms with van der Waals surface area (Å²) in [7, 11) is 1.35. The van der Waals surface area contributed by atoms with Crippen LogP contribution < -0.4 is 0 Å². The van der Waals surface area contributed by atoms with Crippen LogP contribution >= 0.6 is 11.8 Å². The summed E-state index contributed by atoms with van der Waals surface area (Å²) in [5.74, 6) is -0.285. The molecule has 0 aliphatic rings. The van der Waals surface area contributed by atoms with Crippen LogP contribution in [-0.2, 0) is 9.53 Å². The Kier molecular flexibility index (Phi) is 3.95. The Balaban J connectivity index is 2.63. The van der Waals surface area contributed by atoms with Crippen LogP contribution in [0.2, 0.25) is 0 Å². The van der Waals surface area contributed by atoms with Gasteiger partial charge in [-0.25, -0.2) is 4.39 Å². The van der Waals surface area contributed by atoms with Crippen molar-refractivity contribution in [3.05, 3.63) is 29.6 Å². The van der Waals surface area contributed by atoms with Crippen LogP contribution in [0.3, 0.4) is 0 Å². The number of carbonyl (C=O) groups is 1. The molecule has 76 valence electrons. The van der Waals surface area contributed by atoms with Gasteiger partial charge >= 0.3 is 5.97 Å². The van der Waals surface area contributed by atoms with E-state index in [4.69, 9.17) is 0 Å². The highest BCUT2D eigenvalue weighted by atomic mass is 32.2. The molecule has 0 saturated carbocycles. The number of ether oxygens (including phenoxy) is 1. The molecule has 0 spiro atoms. The monoisotopic (exact) mass is 214 g/mol. The van der Waals surface area contributed by atoms with Crippen molar-refractivity contribution < 1.29 is 13.9 Å². The summed E-state index contributed by atoms with van der Waals surface area (Å²) in [4.78, 5) is 11.7. The van der Waals surface area contributed by atoms with Crippen LogP contribution in [0.1, 0.15) is 5.56 Å². The third-order valence-electron chi connectivity index (χ3n) is 1.71. The Morgan fingerprint density at radius 1 is 1.57 bits per heavy atom. The van der Waals surface area contributed by atoms with Gasteiger partial charge in [0, 0.05) is 4.90 Å². The SMILES string of the molecule is COC(=O)CSc1ccc(F)cc1C. The fourth-order valence-corrected chi connectivity index (χ4v) is 1.81. The number of halogens is 1. The molecule has 0 atom stereocenters. The molecule has 1 aromatic carbocycles. The smallest absolute Gasteiger partial charge is 0.315 e. The van der Waals surface area contributed by atoms with Crippen LogP contribution in [0.5, 0.6) is 0 Å². The van der Waals surface area contributed by atoms with Crippen molar-refractivity contribution in [1.29, 1.82) is 0 Å². The van der Waals surface area contributed by atoms with E-state index in [1.165, 1.54) is 31.0 Å². The van der Waals surface area contributed by atoms with E-state index in [1.807, 2.05) is 6.92 Å². The van der Waals surface area contributed by atoms with Crippen LogP contribution in [0.25, 0.3) is 0 Å². The van der Waals surface area contributed by atoms with Crippen molar-refractivity contribution >= 4 is 17.7 Å². The molecule has 4 heteroatoms. The summed E-state index contributed by atoms with van der Waals surface area (Å²) in [6.07, 6.45) is 0. The average Bonchev–Trinajstić information content (AvgIpc) is 2.16. The van der Waals surface area contributed by atoms with Gasteiger partial charge in [-0.15, -0.1) is 11.8 Å². The van der Waals surface area contributed by atoms with Gasteiger partial charge in [0.05, 0.1) is 12.9 Å². The number of esters is 1. The number of methoxy groups -OCH3 is 1. The van der Waals surface area contributed by atoms with E-state index in [-0.39, 0.29) is 17.5 Å². The molecular weight excluding hydrogens is 203 g/mol. The van der Waals surface area contributed by atoms with E-state index >= 15 is 0 Å². The largest absolute Gasteiger partial charge is 0.468 e. The highest BCUT2D eigenvalue weighted by Crippen LogP contribution is 2.22. The van der Waals surface area contributed by atoms with E-state index in [9.17, 15) is 9.18 Å². The van der Waals surface area contributed by atoms with Crippen molar-refractivity contribution in [1.82, 2.24) is 0 Å². The molecule has 1 aromatic rings. The summed E-state index contributed by atoms with van der Waals surface area (Å²) >= 11 is 1.35. The minimum Gasteiger partial charge on any atom is -0.468 e. The molecule has 0 saturated heterocycles. The minimum absolute atomic E-state index is 0.253. The van der Waals surface area contributed by atoms with Crippen LogP contribution in [-0.4, -0.2) is 18.8 Å². The molecule has 14 heavy (non-hydrogen) atoms. The lowest BCUT2D eigenvalue weighted by atomic mass is 10.2. The summed E-state index contributed by atoms with van der Waals surface area (Å²) in [6.45, 7) is 1.81. The molecular formula is C10H11FO2S. The molecule has 0 fully saturated rings. The molecule has 0 aliphatic carbocycles. The predicted octanol–water partition coefficient (Wildman–Crippen LogP) is 2.40. The Labute approximate surface area is 86.5 Å². The number of aryl methyl sites for hydroxylation is 1. The summed E-state index contributed by atoms with van der Waals surface area (Å²) < 4.78 is 17.2. The Morgan fingerprint density at radius 2 is 2.29 bits per heavy atom. The number of hydrogen-bond donors (Lipinski definition) is 0. The molecule has 0 radical (unpaired) electrons. The van der Waals surface area contributed by atoms with Gasteiger partial charge in [-0.3, -0.25) is 4.79 Å². The van der Waals surface area contributed by atoms with Crippen LogP contribution in [0, 0.1) is 12.7 Å². The van der Waals surface area contributed by atoms with E-state index < -0.39 is 0 Å². The van der Waals surface area contributed by atoms with Gasteiger partial charge in [0.15, 0.2) is 0 Å². The van der Waals surface area contributed by atoms with Gasteiger partial charge in [0.1, 0.15) is 5.82 Å². The first-order valence-corrected chi connectivity index (χ1v) is 5.08. The second kappa shape index (κ2) is 5.00. The van der Waals surface area contributed by atoms with Gasteiger partial charge in [-0.05, 0) is 30.7 Å². The van der Waals surface area contributed by atoms with Gasteiger partial charge in [-0.2, -0.15) is 0 Å². The van der Waals surface area contributed by atoms with Crippen molar-refractivity contribution in [3.8, 4) is 0 Å². The first-order chi connectivity index (χ1) is 6.63. The summed E-state index contributed by atoms with van der Waals surface area (Å²) in [5, 5.41) is 0. The Bertz CT molecular complexity index is 339. The quantitative estimate of drug-likeness (QED) is 0.571. The van der Waals surface area contributed by atoms with Crippen molar-refractivity contribution in [3.63, 3.8) is 0 Å². The second-order valence-corrected chi connectivity index (χ2v) is 3.79. The fourth-order valence-electron chi connectivity index (χ4n) is 0.970. The van der Waals surface area contributed by atoms with E-state index in [0.717, 1.165) is 10.5 Å². The van der Waals surface area contributed by atoms with Crippen LogP contribution in [0.15, 0.2) is 23.1 Å². The highest BCUT2D eigenvalue weighted by molar-refractivity contribution is 8.00. The Hall–Kier alpha value is -1.03. The number of rotatable bonds is 3. The lowest BCUT2D eigenvalue weighted by Gasteiger charge is -2.04. The van der Waals surface area contributed by atoms with Gasteiger partial charge in [0.2, 0.25) is 0 Å². The highest BCUT2D eigenvalue weighted by Gasteiger charge is 2.04. The molecule has 0 aliphatic heterocycles. The maximum absolute atomic E-state index is 12.7. The molecule has 1 rings (SSSR count). The third-order valence-corrected chi connectivity index (χ3v) is 2.86. The predicted molar refractivity (Wildman–Crippen MR) is 53.9 cm³/mol. The Morgan fingerprint density at radius 3 is 2.86 bits per heavy atom. The molecule has 0 heterocycles. The summed E-state index contributed by atoms with van der Waals surface area (Å²) in [6, 6.07) is 4.49. The first-order valence-electron chi connectivity index (χ1n) is 4.09.